The minimum absolute atomic E-state index is 0.188. The first-order valence-corrected chi connectivity index (χ1v) is 9.83. The van der Waals surface area contributed by atoms with Gasteiger partial charge in [-0.2, -0.15) is 0 Å². The number of rotatable bonds is 11. The van der Waals surface area contributed by atoms with Crippen LogP contribution in [-0.2, 0) is 22.5 Å². The second-order valence-corrected chi connectivity index (χ2v) is 7.11. The number of carbonyl (C=O) groups is 2. The molecule has 0 aliphatic carbocycles. The van der Waals surface area contributed by atoms with Gasteiger partial charge in [0.25, 0.3) is 5.91 Å². The Morgan fingerprint density at radius 3 is 2.26 bits per heavy atom. The largest absolute Gasteiger partial charge is 0.497 e. The van der Waals surface area contributed by atoms with E-state index in [0.29, 0.717) is 22.8 Å². The summed E-state index contributed by atoms with van der Waals surface area (Å²) in [6.07, 6.45) is -0.970. The van der Waals surface area contributed by atoms with Crippen molar-refractivity contribution in [3.8, 4) is 17.2 Å². The normalized spacial score (nSPS) is 11.7. The van der Waals surface area contributed by atoms with Gasteiger partial charge in [-0.15, -0.1) is 0 Å². The topological polar surface area (TPSA) is 103 Å². The van der Waals surface area contributed by atoms with Crippen molar-refractivity contribution in [1.82, 2.24) is 5.32 Å². The smallest absolute Gasteiger partial charge is 0.333 e. The van der Waals surface area contributed by atoms with Crippen molar-refractivity contribution in [2.24, 2.45) is 0 Å². The van der Waals surface area contributed by atoms with Crippen molar-refractivity contribution >= 4 is 11.9 Å². The Labute approximate surface area is 182 Å². The average molecular weight is 431 g/mol. The second-order valence-electron chi connectivity index (χ2n) is 7.11. The number of carboxylic acids is 1. The molecule has 1 atom stereocenters. The molecule has 0 heterocycles. The van der Waals surface area contributed by atoms with Crippen LogP contribution in [0.1, 0.15) is 35.3 Å². The summed E-state index contributed by atoms with van der Waals surface area (Å²) in [5, 5.41) is 12.3. The van der Waals surface area contributed by atoms with Crippen molar-refractivity contribution in [3.63, 3.8) is 0 Å². The summed E-state index contributed by atoms with van der Waals surface area (Å²) in [6.45, 7) is 3.77. The van der Waals surface area contributed by atoms with Gasteiger partial charge in [-0.1, -0.05) is 12.1 Å². The molecule has 168 valence electrons. The lowest BCUT2D eigenvalue weighted by atomic mass is 10.0. The van der Waals surface area contributed by atoms with Crippen LogP contribution < -0.4 is 19.5 Å². The molecule has 0 saturated heterocycles. The van der Waals surface area contributed by atoms with Crippen molar-refractivity contribution in [2.45, 2.75) is 39.0 Å². The predicted molar refractivity (Wildman–Crippen MR) is 115 cm³/mol. The second kappa shape index (κ2) is 11.2. The summed E-state index contributed by atoms with van der Waals surface area (Å²) in [6, 6.07) is 10.3. The van der Waals surface area contributed by atoms with E-state index < -0.39 is 12.1 Å². The van der Waals surface area contributed by atoms with Gasteiger partial charge in [0, 0.05) is 24.6 Å². The van der Waals surface area contributed by atoms with Gasteiger partial charge in [0.2, 0.25) is 0 Å². The molecule has 1 unspecified atom stereocenters. The van der Waals surface area contributed by atoms with Crippen LogP contribution >= 0.6 is 0 Å². The Balaban J connectivity index is 2.18. The molecule has 2 aromatic rings. The van der Waals surface area contributed by atoms with Crippen molar-refractivity contribution < 1.29 is 33.6 Å². The molecule has 0 aliphatic heterocycles. The zero-order valence-electron chi connectivity index (χ0n) is 18.4. The zero-order chi connectivity index (χ0) is 23.0. The molecular formula is C23H29NO7. The van der Waals surface area contributed by atoms with E-state index in [-0.39, 0.29) is 25.0 Å². The molecule has 2 N–H and O–H groups in total. The molecule has 1 amide bonds. The first-order chi connectivity index (χ1) is 14.8. The summed E-state index contributed by atoms with van der Waals surface area (Å²) >= 11 is 0. The number of nitrogens with one attached hydrogen (secondary N) is 1. The predicted octanol–water partition coefficient (Wildman–Crippen LogP) is 3.06. The lowest BCUT2D eigenvalue weighted by Gasteiger charge is -2.18. The Hall–Kier alpha value is -3.26. The van der Waals surface area contributed by atoms with Crippen LogP contribution in [0.2, 0.25) is 0 Å². The first-order valence-electron chi connectivity index (χ1n) is 9.83. The van der Waals surface area contributed by atoms with Gasteiger partial charge in [0.1, 0.15) is 17.2 Å². The fourth-order valence-corrected chi connectivity index (χ4v) is 3.09. The molecular weight excluding hydrogens is 402 g/mol. The SMILES string of the molecule is COc1ccc(C(=O)NCc2cc(CC(OC(C)C)C(=O)O)ccc2OC)c(OC)c1. The summed E-state index contributed by atoms with van der Waals surface area (Å²) in [4.78, 5) is 24.2. The Morgan fingerprint density at radius 1 is 0.968 bits per heavy atom. The molecule has 0 spiro atoms. The third-order valence-corrected chi connectivity index (χ3v) is 4.57. The van der Waals surface area contributed by atoms with Crippen LogP contribution in [0.3, 0.4) is 0 Å². The molecule has 2 aromatic carbocycles. The molecule has 0 bridgehead atoms. The number of hydrogen-bond acceptors (Lipinski definition) is 6. The molecule has 31 heavy (non-hydrogen) atoms. The molecule has 2 rings (SSSR count). The monoisotopic (exact) mass is 431 g/mol. The van der Waals surface area contributed by atoms with Crippen molar-refractivity contribution in [2.75, 3.05) is 21.3 Å². The molecule has 8 heteroatoms. The van der Waals surface area contributed by atoms with Gasteiger partial charge < -0.3 is 29.4 Å². The summed E-state index contributed by atoms with van der Waals surface area (Å²) < 4.78 is 21.3. The van der Waals surface area contributed by atoms with Gasteiger partial charge in [-0.25, -0.2) is 4.79 Å². The van der Waals surface area contributed by atoms with E-state index in [1.807, 2.05) is 6.07 Å². The maximum Gasteiger partial charge on any atom is 0.333 e. The van der Waals surface area contributed by atoms with E-state index >= 15 is 0 Å². The minimum atomic E-state index is -1.02. The quantitative estimate of drug-likeness (QED) is 0.564. The highest BCUT2D eigenvalue weighted by Gasteiger charge is 2.21. The standard InChI is InChI=1S/C23H29NO7/c1-14(2)31-21(23(26)27)11-15-6-9-19(29-4)16(10-15)13-24-22(25)18-8-7-17(28-3)12-20(18)30-5/h6-10,12,14,21H,11,13H2,1-5H3,(H,24,25)(H,26,27). The number of ether oxygens (including phenoxy) is 4. The Morgan fingerprint density at radius 2 is 1.68 bits per heavy atom. The van der Waals surface area contributed by atoms with Gasteiger partial charge in [-0.05, 0) is 37.6 Å². The number of aliphatic carboxylic acids is 1. The minimum Gasteiger partial charge on any atom is -0.497 e. The highest BCUT2D eigenvalue weighted by atomic mass is 16.5. The number of benzene rings is 2. The van der Waals surface area contributed by atoms with E-state index in [9.17, 15) is 14.7 Å². The number of amides is 1. The first kappa shape index (κ1) is 24.0. The number of carbonyl (C=O) groups excluding carboxylic acids is 1. The summed E-state index contributed by atoms with van der Waals surface area (Å²) in [7, 11) is 4.56. The van der Waals surface area contributed by atoms with E-state index in [4.69, 9.17) is 18.9 Å². The molecule has 0 aliphatic rings. The maximum atomic E-state index is 12.7. The van der Waals surface area contributed by atoms with Gasteiger partial charge >= 0.3 is 5.97 Å². The number of carboxylic acid groups (broad SMARTS) is 1. The lowest BCUT2D eigenvalue weighted by Crippen LogP contribution is -2.29. The van der Waals surface area contributed by atoms with Crippen LogP contribution in [0.15, 0.2) is 36.4 Å². The Bertz CT molecular complexity index is 911. The molecule has 0 aromatic heterocycles. The maximum absolute atomic E-state index is 12.7. The number of hydrogen-bond donors (Lipinski definition) is 2. The van der Waals surface area contributed by atoms with Gasteiger partial charge in [0.05, 0.1) is 33.0 Å². The zero-order valence-corrected chi connectivity index (χ0v) is 18.4. The third kappa shape index (κ3) is 6.62. The van der Waals surface area contributed by atoms with E-state index in [0.717, 1.165) is 11.1 Å². The van der Waals surface area contributed by atoms with Crippen LogP contribution in [0.5, 0.6) is 17.2 Å². The molecule has 0 fully saturated rings. The fourth-order valence-electron chi connectivity index (χ4n) is 3.09. The van der Waals surface area contributed by atoms with E-state index in [2.05, 4.69) is 5.32 Å². The van der Waals surface area contributed by atoms with Crippen molar-refractivity contribution in [3.05, 3.63) is 53.1 Å². The van der Waals surface area contributed by atoms with Crippen LogP contribution in [0, 0.1) is 0 Å². The molecule has 0 radical (unpaired) electrons. The number of methoxy groups -OCH3 is 3. The average Bonchev–Trinajstić information content (AvgIpc) is 2.76. The van der Waals surface area contributed by atoms with E-state index in [1.54, 1.807) is 44.2 Å². The van der Waals surface area contributed by atoms with Crippen molar-refractivity contribution in [1.29, 1.82) is 0 Å². The molecule has 8 nitrogen and oxygen atoms in total. The third-order valence-electron chi connectivity index (χ3n) is 4.57. The van der Waals surface area contributed by atoms with Crippen LogP contribution in [0.25, 0.3) is 0 Å². The highest BCUT2D eigenvalue weighted by molar-refractivity contribution is 5.97. The van der Waals surface area contributed by atoms with Gasteiger partial charge in [-0.3, -0.25) is 4.79 Å². The summed E-state index contributed by atoms with van der Waals surface area (Å²) in [5.41, 5.74) is 1.85. The lowest BCUT2D eigenvalue weighted by molar-refractivity contribution is -0.153. The van der Waals surface area contributed by atoms with E-state index in [1.165, 1.54) is 21.3 Å². The van der Waals surface area contributed by atoms with Crippen LogP contribution in [0.4, 0.5) is 0 Å². The summed E-state index contributed by atoms with van der Waals surface area (Å²) in [5.74, 6) is 0.221. The van der Waals surface area contributed by atoms with Crippen LogP contribution in [-0.4, -0.2) is 50.5 Å². The Kier molecular flexibility index (Phi) is 8.69. The molecule has 0 saturated carbocycles. The highest BCUT2D eigenvalue weighted by Crippen LogP contribution is 2.25. The fraction of sp³-hybridized carbons (Fsp3) is 0.391. The van der Waals surface area contributed by atoms with Gasteiger partial charge in [0.15, 0.2) is 6.10 Å².